The lowest BCUT2D eigenvalue weighted by Crippen LogP contribution is -2.25. The third-order valence-corrected chi connectivity index (χ3v) is 9.41. The van der Waals surface area contributed by atoms with E-state index in [2.05, 4.69) is 50.9 Å². The van der Waals surface area contributed by atoms with E-state index >= 15 is 0 Å². The number of thioether (sulfide) groups is 3. The van der Waals surface area contributed by atoms with Gasteiger partial charge in [0.25, 0.3) is 0 Å². The number of hydrogen-bond acceptors (Lipinski definition) is 5. The molecule has 14 heavy (non-hydrogen) atoms. The topological polar surface area (TPSA) is 0 Å². The Bertz CT molecular complexity index is 147. The van der Waals surface area contributed by atoms with Crippen LogP contribution in [0, 0.1) is 0 Å². The van der Waals surface area contributed by atoms with Crippen molar-refractivity contribution in [2.75, 3.05) is 5.08 Å². The Morgan fingerprint density at radius 3 is 1.86 bits per heavy atom. The minimum atomic E-state index is 0.533. The van der Waals surface area contributed by atoms with Crippen LogP contribution in [-0.2, 0) is 0 Å². The van der Waals surface area contributed by atoms with Gasteiger partial charge in [0.15, 0.2) is 0 Å². The van der Waals surface area contributed by atoms with Gasteiger partial charge in [-0.15, -0.1) is 35.3 Å². The maximum absolute atomic E-state index is 4.64. The fraction of sp³-hybridized carbons (Fsp3) is 1.00. The highest BCUT2D eigenvalue weighted by molar-refractivity contribution is 8.33. The minimum Gasteiger partial charge on any atom is -0.174 e. The summed E-state index contributed by atoms with van der Waals surface area (Å²) in [4.78, 5) is 0. The average molecular weight is 287 g/mol. The van der Waals surface area contributed by atoms with Gasteiger partial charge in [-0.25, -0.2) is 0 Å². The molecule has 0 aromatic rings. The van der Waals surface area contributed by atoms with Gasteiger partial charge in [0.05, 0.1) is 9.16 Å². The summed E-state index contributed by atoms with van der Waals surface area (Å²) in [7, 11) is 0. The van der Waals surface area contributed by atoms with Crippen molar-refractivity contribution < 1.29 is 0 Å². The molecule has 1 aliphatic rings. The van der Waals surface area contributed by atoms with Gasteiger partial charge in [-0.1, -0.05) is 13.8 Å². The summed E-state index contributed by atoms with van der Waals surface area (Å²) in [5.41, 5.74) is 0. The van der Waals surface area contributed by atoms with Crippen LogP contribution < -0.4 is 0 Å². The number of rotatable bonds is 4. The zero-order valence-corrected chi connectivity index (χ0v) is 12.8. The maximum Gasteiger partial charge on any atom is 0.0638 e. The van der Waals surface area contributed by atoms with Crippen LogP contribution in [0.3, 0.4) is 0 Å². The van der Waals surface area contributed by atoms with Crippen LogP contribution >= 0.6 is 60.5 Å². The molecule has 1 rings (SSSR count). The van der Waals surface area contributed by atoms with Crippen molar-refractivity contribution in [1.29, 1.82) is 0 Å². The largest absolute Gasteiger partial charge is 0.174 e. The molecule has 1 heterocycles. The molecule has 1 fully saturated rings. The molecule has 0 N–H and O–H groups in total. The summed E-state index contributed by atoms with van der Waals surface area (Å²) >= 11 is 15.4. The van der Waals surface area contributed by atoms with Gasteiger partial charge in [-0.2, -0.15) is 25.3 Å². The van der Waals surface area contributed by atoms with Crippen molar-refractivity contribution in [1.82, 2.24) is 0 Å². The van der Waals surface area contributed by atoms with Crippen molar-refractivity contribution in [3.8, 4) is 0 Å². The Hall–Kier alpha value is 1.75. The molecular formula is C9H18S5. The van der Waals surface area contributed by atoms with Crippen molar-refractivity contribution in [3.05, 3.63) is 0 Å². The third kappa shape index (κ3) is 3.96. The second-order valence-corrected chi connectivity index (χ2v) is 9.11. The van der Waals surface area contributed by atoms with Gasteiger partial charge in [0.2, 0.25) is 0 Å². The Morgan fingerprint density at radius 1 is 1.07 bits per heavy atom. The predicted octanol–water partition coefficient (Wildman–Crippen LogP) is 4.23. The first-order valence-corrected chi connectivity index (χ1v) is 9.01. The van der Waals surface area contributed by atoms with E-state index in [0.29, 0.717) is 19.7 Å². The van der Waals surface area contributed by atoms with Gasteiger partial charge >= 0.3 is 0 Å². The first-order chi connectivity index (χ1) is 6.69. The molecule has 1 saturated heterocycles. The summed E-state index contributed by atoms with van der Waals surface area (Å²) in [6.45, 7) is 4.43. The molecule has 84 valence electrons. The molecule has 0 radical (unpaired) electrons. The van der Waals surface area contributed by atoms with Crippen molar-refractivity contribution in [2.24, 2.45) is 0 Å². The average Bonchev–Trinajstić information content (AvgIpc) is 2.27. The highest BCUT2D eigenvalue weighted by Crippen LogP contribution is 2.47. The van der Waals surface area contributed by atoms with Crippen molar-refractivity contribution in [3.63, 3.8) is 0 Å². The quantitative estimate of drug-likeness (QED) is 0.743. The van der Waals surface area contributed by atoms with Crippen LogP contribution in [0.4, 0.5) is 0 Å². The lowest BCUT2D eigenvalue weighted by Gasteiger charge is -2.33. The zero-order chi connectivity index (χ0) is 10.6. The molecule has 0 aliphatic carbocycles. The van der Waals surface area contributed by atoms with Crippen molar-refractivity contribution >= 4 is 60.5 Å². The van der Waals surface area contributed by atoms with Gasteiger partial charge in [-0.05, 0) is 12.8 Å². The molecule has 1 aliphatic heterocycles. The monoisotopic (exact) mass is 286 g/mol. The van der Waals surface area contributed by atoms with Gasteiger partial charge in [-0.3, -0.25) is 0 Å². The number of hydrogen-bond donors (Lipinski definition) is 2. The van der Waals surface area contributed by atoms with Crippen LogP contribution in [0.2, 0.25) is 0 Å². The van der Waals surface area contributed by atoms with E-state index in [1.54, 1.807) is 0 Å². The lowest BCUT2D eigenvalue weighted by molar-refractivity contribution is 0.875. The maximum atomic E-state index is 4.64. The second kappa shape index (κ2) is 7.15. The van der Waals surface area contributed by atoms with E-state index in [1.807, 2.05) is 23.5 Å². The van der Waals surface area contributed by atoms with Crippen molar-refractivity contribution in [2.45, 2.75) is 46.4 Å². The van der Waals surface area contributed by atoms with Gasteiger partial charge in [0.1, 0.15) is 0 Å². The van der Waals surface area contributed by atoms with E-state index < -0.39 is 0 Å². The molecule has 0 saturated carbocycles. The molecule has 4 unspecified atom stereocenters. The normalized spacial score (nSPS) is 32.6. The molecule has 0 spiro atoms. The highest BCUT2D eigenvalue weighted by Gasteiger charge is 2.30. The Morgan fingerprint density at radius 2 is 1.50 bits per heavy atom. The summed E-state index contributed by atoms with van der Waals surface area (Å²) < 4.78 is 1.33. The Balaban J connectivity index is 2.43. The molecule has 0 aromatic carbocycles. The SMILES string of the molecule is CCC(S)C1SCSC(C(S)CC)S1. The summed E-state index contributed by atoms with van der Waals surface area (Å²) in [6, 6.07) is 0. The van der Waals surface area contributed by atoms with E-state index in [9.17, 15) is 0 Å². The van der Waals surface area contributed by atoms with Crippen LogP contribution in [0.1, 0.15) is 26.7 Å². The first kappa shape index (κ1) is 13.8. The molecule has 0 aromatic heterocycles. The molecular weight excluding hydrogens is 268 g/mol. The number of thiol groups is 2. The molecule has 5 heteroatoms. The van der Waals surface area contributed by atoms with Crippen LogP contribution in [-0.4, -0.2) is 24.7 Å². The third-order valence-electron chi connectivity index (χ3n) is 2.20. The van der Waals surface area contributed by atoms with Gasteiger partial charge < -0.3 is 0 Å². The molecule has 4 atom stereocenters. The molecule has 0 bridgehead atoms. The molecule has 0 amide bonds. The smallest absolute Gasteiger partial charge is 0.0638 e. The lowest BCUT2D eigenvalue weighted by atomic mass is 10.4. The molecule has 0 nitrogen and oxygen atoms in total. The van der Waals surface area contributed by atoms with Gasteiger partial charge in [0, 0.05) is 15.6 Å². The highest BCUT2D eigenvalue weighted by atomic mass is 32.3. The Labute approximate surface area is 111 Å². The second-order valence-electron chi connectivity index (χ2n) is 3.28. The van der Waals surface area contributed by atoms with Crippen LogP contribution in [0.25, 0.3) is 0 Å². The zero-order valence-electron chi connectivity index (χ0n) is 8.55. The van der Waals surface area contributed by atoms with Crippen LogP contribution in [0.15, 0.2) is 0 Å². The minimum absolute atomic E-state index is 0.533. The first-order valence-electron chi connectivity index (χ1n) is 4.93. The Kier molecular flexibility index (Phi) is 7.05. The van der Waals surface area contributed by atoms with E-state index in [4.69, 9.17) is 0 Å². The summed E-state index contributed by atoms with van der Waals surface area (Å²) in [5, 5.41) is 2.27. The fourth-order valence-electron chi connectivity index (χ4n) is 1.17. The van der Waals surface area contributed by atoms with E-state index in [1.165, 1.54) is 5.08 Å². The predicted molar refractivity (Wildman–Crippen MR) is 81.3 cm³/mol. The summed E-state index contributed by atoms with van der Waals surface area (Å²) in [5.74, 6) is 0. The van der Waals surface area contributed by atoms with E-state index in [0.717, 1.165) is 12.8 Å². The standard InChI is InChI=1S/C9H18S5/c1-3-6(10)8-12-5-13-9(14-8)7(11)4-2/h6-11H,3-5H2,1-2H3. The van der Waals surface area contributed by atoms with Crippen LogP contribution in [0.5, 0.6) is 0 Å². The fourth-order valence-corrected chi connectivity index (χ4v) is 7.90. The van der Waals surface area contributed by atoms with E-state index in [-0.39, 0.29) is 0 Å². The summed E-state index contributed by atoms with van der Waals surface area (Å²) in [6.07, 6.45) is 2.32.